The zero-order valence-electron chi connectivity index (χ0n) is 13.8. The Morgan fingerprint density at radius 1 is 1.12 bits per heavy atom. The van der Waals surface area contributed by atoms with Gasteiger partial charge in [0.1, 0.15) is 11.5 Å². The number of benzene rings is 2. The Labute approximate surface area is 142 Å². The highest BCUT2D eigenvalue weighted by Gasteiger charge is 2.16. The summed E-state index contributed by atoms with van der Waals surface area (Å²) in [4.78, 5) is 2.20. The summed E-state index contributed by atoms with van der Waals surface area (Å²) in [5.41, 5.74) is 2.46. The Morgan fingerprint density at radius 3 is 2.50 bits per heavy atom. The van der Waals surface area contributed by atoms with Gasteiger partial charge >= 0.3 is 0 Å². The van der Waals surface area contributed by atoms with Crippen molar-refractivity contribution in [3.05, 3.63) is 48.0 Å². The van der Waals surface area contributed by atoms with Gasteiger partial charge in [-0.15, -0.1) is 0 Å². The number of morpholine rings is 1. The fourth-order valence-corrected chi connectivity index (χ4v) is 2.89. The third-order valence-corrected chi connectivity index (χ3v) is 4.35. The molecular formula is C19H23NO4. The Balaban J connectivity index is 1.73. The van der Waals surface area contributed by atoms with E-state index >= 15 is 0 Å². The van der Waals surface area contributed by atoms with Crippen molar-refractivity contribution in [3.63, 3.8) is 0 Å². The first kappa shape index (κ1) is 16.8. The van der Waals surface area contributed by atoms with Crippen molar-refractivity contribution in [3.8, 4) is 22.6 Å². The smallest absolute Gasteiger partial charge is 0.123 e. The highest BCUT2D eigenvalue weighted by atomic mass is 16.5. The van der Waals surface area contributed by atoms with Gasteiger partial charge in [-0.25, -0.2) is 0 Å². The van der Waals surface area contributed by atoms with Crippen molar-refractivity contribution in [2.75, 3.05) is 40.0 Å². The standard InChI is InChI=1S/C19H23NO4/c1-23-16-6-7-18(21)17(12-16)14-2-4-15(5-3-14)19(22)13-20-8-10-24-11-9-20/h2-7,12,19,21-22H,8-11,13H2,1H3/t19-/m1/s1. The molecule has 2 N–H and O–H groups in total. The lowest BCUT2D eigenvalue weighted by Gasteiger charge is -2.28. The molecule has 0 unspecified atom stereocenters. The molecule has 3 rings (SSSR count). The molecule has 128 valence electrons. The monoisotopic (exact) mass is 329 g/mol. The number of aliphatic hydroxyl groups excluding tert-OH is 1. The van der Waals surface area contributed by atoms with E-state index < -0.39 is 6.10 Å². The molecule has 1 saturated heterocycles. The third kappa shape index (κ3) is 3.87. The first-order valence-electron chi connectivity index (χ1n) is 8.13. The molecule has 1 aliphatic rings. The number of hydrogen-bond acceptors (Lipinski definition) is 5. The zero-order valence-corrected chi connectivity index (χ0v) is 13.8. The summed E-state index contributed by atoms with van der Waals surface area (Å²) in [6, 6.07) is 12.8. The van der Waals surface area contributed by atoms with Gasteiger partial charge < -0.3 is 19.7 Å². The minimum atomic E-state index is -0.531. The van der Waals surface area contributed by atoms with Gasteiger partial charge in [0.15, 0.2) is 0 Å². The fourth-order valence-electron chi connectivity index (χ4n) is 2.89. The fraction of sp³-hybridized carbons (Fsp3) is 0.368. The van der Waals surface area contributed by atoms with E-state index in [0.29, 0.717) is 17.9 Å². The van der Waals surface area contributed by atoms with E-state index in [2.05, 4.69) is 4.90 Å². The van der Waals surface area contributed by atoms with Crippen LogP contribution < -0.4 is 4.74 Å². The molecule has 1 atom stereocenters. The van der Waals surface area contributed by atoms with Gasteiger partial charge in [-0.1, -0.05) is 24.3 Å². The van der Waals surface area contributed by atoms with Gasteiger partial charge in [0.05, 0.1) is 26.4 Å². The van der Waals surface area contributed by atoms with E-state index in [4.69, 9.17) is 9.47 Å². The lowest BCUT2D eigenvalue weighted by Crippen LogP contribution is -2.38. The highest BCUT2D eigenvalue weighted by Crippen LogP contribution is 2.33. The maximum Gasteiger partial charge on any atom is 0.123 e. The summed E-state index contributed by atoms with van der Waals surface area (Å²) in [7, 11) is 1.60. The molecule has 0 aromatic heterocycles. The van der Waals surface area contributed by atoms with Gasteiger partial charge in [0, 0.05) is 25.2 Å². The largest absolute Gasteiger partial charge is 0.507 e. The van der Waals surface area contributed by atoms with Crippen LogP contribution in [0.2, 0.25) is 0 Å². The predicted molar refractivity (Wildman–Crippen MR) is 92.3 cm³/mol. The van der Waals surface area contributed by atoms with Crippen LogP contribution in [-0.4, -0.2) is 55.1 Å². The predicted octanol–water partition coefficient (Wildman–Crippen LogP) is 2.43. The number of β-amino-alcohol motifs (C(OH)–C–C–N with tert-alkyl or cyclic N) is 1. The molecule has 0 saturated carbocycles. The first-order chi connectivity index (χ1) is 11.7. The SMILES string of the molecule is COc1ccc(O)c(-c2ccc([C@H](O)CN3CCOCC3)cc2)c1. The maximum atomic E-state index is 10.4. The van der Waals surface area contributed by atoms with Gasteiger partial charge in [0.25, 0.3) is 0 Å². The van der Waals surface area contributed by atoms with Gasteiger partial charge in [-0.3, -0.25) is 4.90 Å². The van der Waals surface area contributed by atoms with Gasteiger partial charge in [-0.05, 0) is 29.3 Å². The number of aromatic hydroxyl groups is 1. The molecule has 1 aliphatic heterocycles. The summed E-state index contributed by atoms with van der Waals surface area (Å²) >= 11 is 0. The molecular weight excluding hydrogens is 306 g/mol. The molecule has 5 heteroatoms. The van der Waals surface area contributed by atoms with Crippen molar-refractivity contribution < 1.29 is 19.7 Å². The summed E-state index contributed by atoms with van der Waals surface area (Å²) < 4.78 is 10.5. The average Bonchev–Trinajstić information content (AvgIpc) is 2.63. The molecule has 1 heterocycles. The molecule has 0 amide bonds. The zero-order chi connectivity index (χ0) is 16.9. The Bertz CT molecular complexity index is 666. The van der Waals surface area contributed by atoms with Gasteiger partial charge in [0.2, 0.25) is 0 Å². The molecule has 2 aromatic rings. The Morgan fingerprint density at radius 2 is 1.83 bits per heavy atom. The number of aliphatic hydroxyl groups is 1. The molecule has 0 bridgehead atoms. The topological polar surface area (TPSA) is 62.2 Å². The van der Waals surface area contributed by atoms with Crippen molar-refractivity contribution in [2.24, 2.45) is 0 Å². The number of phenols is 1. The molecule has 0 aliphatic carbocycles. The van der Waals surface area contributed by atoms with Crippen molar-refractivity contribution >= 4 is 0 Å². The van der Waals surface area contributed by atoms with Crippen molar-refractivity contribution in [1.82, 2.24) is 4.90 Å². The summed E-state index contributed by atoms with van der Waals surface area (Å²) in [6.45, 7) is 3.76. The molecule has 24 heavy (non-hydrogen) atoms. The van der Waals surface area contributed by atoms with Crippen LogP contribution in [0.1, 0.15) is 11.7 Å². The van der Waals surface area contributed by atoms with Gasteiger partial charge in [-0.2, -0.15) is 0 Å². The second-order valence-electron chi connectivity index (χ2n) is 5.93. The van der Waals surface area contributed by atoms with Crippen LogP contribution >= 0.6 is 0 Å². The number of nitrogens with zero attached hydrogens (tertiary/aromatic N) is 1. The second kappa shape index (κ2) is 7.66. The normalized spacial score (nSPS) is 16.8. The first-order valence-corrected chi connectivity index (χ1v) is 8.13. The van der Waals surface area contributed by atoms with Crippen LogP contribution in [0.15, 0.2) is 42.5 Å². The van der Waals surface area contributed by atoms with Crippen LogP contribution in [0.3, 0.4) is 0 Å². The third-order valence-electron chi connectivity index (χ3n) is 4.35. The number of rotatable bonds is 5. The molecule has 1 fully saturated rings. The van der Waals surface area contributed by atoms with Crippen LogP contribution in [-0.2, 0) is 4.74 Å². The number of methoxy groups -OCH3 is 1. The quantitative estimate of drug-likeness (QED) is 0.882. The van der Waals surface area contributed by atoms with E-state index in [-0.39, 0.29) is 5.75 Å². The van der Waals surface area contributed by atoms with Crippen molar-refractivity contribution in [2.45, 2.75) is 6.10 Å². The summed E-state index contributed by atoms with van der Waals surface area (Å²) in [6.07, 6.45) is -0.531. The van der Waals surface area contributed by atoms with Crippen molar-refractivity contribution in [1.29, 1.82) is 0 Å². The molecule has 2 aromatic carbocycles. The van der Waals surface area contributed by atoms with E-state index in [9.17, 15) is 10.2 Å². The number of hydrogen-bond donors (Lipinski definition) is 2. The number of phenolic OH excluding ortho intramolecular Hbond substituents is 1. The van der Waals surface area contributed by atoms with E-state index in [1.165, 1.54) is 0 Å². The molecule has 0 radical (unpaired) electrons. The van der Waals surface area contributed by atoms with Crippen LogP contribution in [0, 0.1) is 0 Å². The molecule has 0 spiro atoms. The number of ether oxygens (including phenoxy) is 2. The maximum absolute atomic E-state index is 10.4. The van der Waals surface area contributed by atoms with E-state index in [1.54, 1.807) is 25.3 Å². The average molecular weight is 329 g/mol. The van der Waals surface area contributed by atoms with E-state index in [1.807, 2.05) is 24.3 Å². The van der Waals surface area contributed by atoms with E-state index in [0.717, 1.165) is 37.4 Å². The minimum absolute atomic E-state index is 0.206. The Hall–Kier alpha value is -2.08. The van der Waals surface area contributed by atoms with Crippen LogP contribution in [0.5, 0.6) is 11.5 Å². The second-order valence-corrected chi connectivity index (χ2v) is 5.93. The summed E-state index contributed by atoms with van der Waals surface area (Å²) in [5.74, 6) is 0.900. The van der Waals surface area contributed by atoms with Crippen LogP contribution in [0.25, 0.3) is 11.1 Å². The minimum Gasteiger partial charge on any atom is -0.507 e. The lowest BCUT2D eigenvalue weighted by molar-refractivity contribution is 0.0143. The lowest BCUT2D eigenvalue weighted by atomic mass is 10.0. The molecule has 5 nitrogen and oxygen atoms in total. The highest BCUT2D eigenvalue weighted by molar-refractivity contribution is 5.71. The van der Waals surface area contributed by atoms with Crippen LogP contribution in [0.4, 0.5) is 0 Å². The summed E-state index contributed by atoms with van der Waals surface area (Å²) in [5, 5.41) is 20.5. The Kier molecular flexibility index (Phi) is 5.35.